The number of alkyl halides is 3. The van der Waals surface area contributed by atoms with Crippen molar-refractivity contribution in [2.75, 3.05) is 5.43 Å². The van der Waals surface area contributed by atoms with Gasteiger partial charge >= 0.3 is 18.1 Å². The molecule has 0 spiro atoms. The lowest BCUT2D eigenvalue weighted by Crippen LogP contribution is -2.35. The highest BCUT2D eigenvalue weighted by molar-refractivity contribution is 6.31. The summed E-state index contributed by atoms with van der Waals surface area (Å²) in [5, 5.41) is 8.19. The van der Waals surface area contributed by atoms with Gasteiger partial charge in [-0.2, -0.15) is 13.2 Å². The summed E-state index contributed by atoms with van der Waals surface area (Å²) in [5.41, 5.74) is 2.82. The molecule has 0 bridgehead atoms. The van der Waals surface area contributed by atoms with Crippen molar-refractivity contribution in [3.05, 3.63) is 23.9 Å². The van der Waals surface area contributed by atoms with E-state index in [4.69, 9.17) is 5.11 Å². The van der Waals surface area contributed by atoms with E-state index in [2.05, 4.69) is 4.98 Å². The van der Waals surface area contributed by atoms with Crippen LogP contribution in [0.1, 0.15) is 5.56 Å². The van der Waals surface area contributed by atoms with Gasteiger partial charge in [0, 0.05) is 6.20 Å². The zero-order valence-corrected chi connectivity index (χ0v) is 8.08. The van der Waals surface area contributed by atoms with Gasteiger partial charge in [0.1, 0.15) is 5.82 Å². The van der Waals surface area contributed by atoms with E-state index in [1.807, 2.05) is 5.43 Å². The number of hydrogen-bond acceptors (Lipinski definition) is 4. The number of anilines is 1. The first kappa shape index (κ1) is 12.7. The van der Waals surface area contributed by atoms with Crippen LogP contribution >= 0.6 is 0 Å². The molecule has 1 aromatic heterocycles. The minimum atomic E-state index is -4.50. The molecule has 9 heteroatoms. The number of pyridine rings is 1. The Bertz CT molecular complexity index is 430. The van der Waals surface area contributed by atoms with E-state index in [-0.39, 0.29) is 5.82 Å². The van der Waals surface area contributed by atoms with E-state index in [1.165, 1.54) is 0 Å². The highest BCUT2D eigenvalue weighted by atomic mass is 19.4. The lowest BCUT2D eigenvalue weighted by molar-refractivity contribution is -0.149. The number of halogens is 3. The van der Waals surface area contributed by atoms with Crippen LogP contribution in [0.4, 0.5) is 19.0 Å². The fraction of sp³-hybridized carbons (Fsp3) is 0.125. The normalized spacial score (nSPS) is 10.8. The van der Waals surface area contributed by atoms with Gasteiger partial charge in [-0.15, -0.1) is 0 Å². The van der Waals surface area contributed by atoms with E-state index in [0.29, 0.717) is 6.20 Å². The number of carboxylic acids is 1. The number of nitrogens with one attached hydrogen (secondary N) is 2. The van der Waals surface area contributed by atoms with Crippen LogP contribution in [-0.2, 0) is 15.8 Å². The third-order valence-corrected chi connectivity index (χ3v) is 1.59. The third kappa shape index (κ3) is 3.63. The summed E-state index contributed by atoms with van der Waals surface area (Å²) in [7, 11) is 0. The molecule has 6 nitrogen and oxygen atoms in total. The Morgan fingerprint density at radius 3 is 2.35 bits per heavy atom. The van der Waals surface area contributed by atoms with Crippen molar-refractivity contribution in [1.82, 2.24) is 10.4 Å². The molecule has 0 aliphatic rings. The summed E-state index contributed by atoms with van der Waals surface area (Å²) < 4.78 is 36.4. The third-order valence-electron chi connectivity index (χ3n) is 1.59. The van der Waals surface area contributed by atoms with E-state index in [0.717, 1.165) is 12.1 Å². The van der Waals surface area contributed by atoms with Gasteiger partial charge in [0.05, 0.1) is 5.56 Å². The minimum Gasteiger partial charge on any atom is -0.474 e. The smallest absolute Gasteiger partial charge is 0.417 e. The molecule has 0 unspecified atom stereocenters. The molecule has 0 fully saturated rings. The van der Waals surface area contributed by atoms with Crippen molar-refractivity contribution in [1.29, 1.82) is 0 Å². The van der Waals surface area contributed by atoms with Crippen LogP contribution in [0.15, 0.2) is 18.3 Å². The molecule has 0 atom stereocenters. The number of amides is 1. The maximum atomic E-state index is 12.1. The summed E-state index contributed by atoms with van der Waals surface area (Å²) in [6.45, 7) is 0. The Morgan fingerprint density at radius 2 is 1.94 bits per heavy atom. The molecule has 1 aromatic rings. The van der Waals surface area contributed by atoms with Gasteiger partial charge in [-0.05, 0) is 12.1 Å². The van der Waals surface area contributed by atoms with E-state index in [1.54, 1.807) is 5.43 Å². The summed E-state index contributed by atoms with van der Waals surface area (Å²) in [6.07, 6.45) is -3.95. The molecule has 17 heavy (non-hydrogen) atoms. The van der Waals surface area contributed by atoms with Crippen molar-refractivity contribution in [3.8, 4) is 0 Å². The first-order valence-electron chi connectivity index (χ1n) is 4.13. The molecule has 3 N–H and O–H groups in total. The van der Waals surface area contributed by atoms with Gasteiger partial charge in [-0.25, -0.2) is 9.78 Å². The average Bonchev–Trinajstić information content (AvgIpc) is 2.25. The Kier molecular flexibility index (Phi) is 3.51. The Labute approximate surface area is 92.4 Å². The van der Waals surface area contributed by atoms with Crippen LogP contribution in [-0.4, -0.2) is 22.0 Å². The molecule has 92 valence electrons. The van der Waals surface area contributed by atoms with Gasteiger partial charge in [0.2, 0.25) is 0 Å². The molecule has 0 aliphatic heterocycles. The Hall–Kier alpha value is -2.32. The molecule has 1 amide bonds. The topological polar surface area (TPSA) is 91.3 Å². The zero-order valence-electron chi connectivity index (χ0n) is 8.08. The predicted molar refractivity (Wildman–Crippen MR) is 48.6 cm³/mol. The maximum Gasteiger partial charge on any atom is 0.417 e. The van der Waals surface area contributed by atoms with Crippen LogP contribution in [0.2, 0.25) is 0 Å². The van der Waals surface area contributed by atoms with Gasteiger partial charge < -0.3 is 5.11 Å². The van der Waals surface area contributed by atoms with Crippen LogP contribution < -0.4 is 10.9 Å². The van der Waals surface area contributed by atoms with Crippen molar-refractivity contribution in [3.63, 3.8) is 0 Å². The second kappa shape index (κ2) is 4.68. The number of carbonyl (C=O) groups is 2. The Morgan fingerprint density at radius 1 is 1.29 bits per heavy atom. The summed E-state index contributed by atoms with van der Waals surface area (Å²) in [4.78, 5) is 24.0. The molecule has 0 aromatic carbocycles. The number of aliphatic carboxylic acids is 1. The summed E-state index contributed by atoms with van der Waals surface area (Å²) >= 11 is 0. The number of hydrazine groups is 1. The largest absolute Gasteiger partial charge is 0.474 e. The predicted octanol–water partition coefficient (Wildman–Crippen LogP) is 0.628. The van der Waals surface area contributed by atoms with Crippen LogP contribution in [0.5, 0.6) is 0 Å². The van der Waals surface area contributed by atoms with Crippen molar-refractivity contribution < 1.29 is 27.9 Å². The monoisotopic (exact) mass is 249 g/mol. The highest BCUT2D eigenvalue weighted by Gasteiger charge is 2.30. The molecular formula is C8H6F3N3O3. The lowest BCUT2D eigenvalue weighted by Gasteiger charge is -2.08. The fourth-order valence-electron chi connectivity index (χ4n) is 0.810. The van der Waals surface area contributed by atoms with Crippen LogP contribution in [0, 0.1) is 0 Å². The van der Waals surface area contributed by atoms with Gasteiger partial charge in [-0.1, -0.05) is 0 Å². The SMILES string of the molecule is O=C(O)C(=O)NNc1ccc(C(F)(F)F)cn1. The average molecular weight is 249 g/mol. The van der Waals surface area contributed by atoms with Gasteiger partial charge in [-0.3, -0.25) is 15.6 Å². The van der Waals surface area contributed by atoms with Gasteiger partial charge in [0.15, 0.2) is 0 Å². The van der Waals surface area contributed by atoms with Crippen LogP contribution in [0.3, 0.4) is 0 Å². The van der Waals surface area contributed by atoms with Crippen molar-refractivity contribution in [2.24, 2.45) is 0 Å². The number of carbonyl (C=O) groups excluding carboxylic acids is 1. The van der Waals surface area contributed by atoms with E-state index in [9.17, 15) is 22.8 Å². The first-order chi connectivity index (χ1) is 7.80. The second-order valence-electron chi connectivity index (χ2n) is 2.81. The number of rotatable bonds is 2. The molecule has 0 radical (unpaired) electrons. The number of nitrogens with zero attached hydrogens (tertiary/aromatic N) is 1. The quantitative estimate of drug-likeness (QED) is 0.528. The maximum absolute atomic E-state index is 12.1. The van der Waals surface area contributed by atoms with Crippen LogP contribution in [0.25, 0.3) is 0 Å². The number of hydrogen-bond donors (Lipinski definition) is 3. The van der Waals surface area contributed by atoms with Gasteiger partial charge in [0.25, 0.3) is 0 Å². The fourth-order valence-corrected chi connectivity index (χ4v) is 0.810. The minimum absolute atomic E-state index is 0.118. The summed E-state index contributed by atoms with van der Waals surface area (Å²) in [6, 6.07) is 1.69. The lowest BCUT2D eigenvalue weighted by atomic mass is 10.3. The Balaban J connectivity index is 2.63. The van der Waals surface area contributed by atoms with E-state index >= 15 is 0 Å². The first-order valence-corrected chi connectivity index (χ1v) is 4.13. The molecule has 0 saturated heterocycles. The van der Waals surface area contributed by atoms with E-state index < -0.39 is 23.6 Å². The highest BCUT2D eigenvalue weighted by Crippen LogP contribution is 2.28. The molecule has 1 heterocycles. The molecule has 1 rings (SSSR count). The van der Waals surface area contributed by atoms with Crippen molar-refractivity contribution >= 4 is 17.7 Å². The zero-order chi connectivity index (χ0) is 13.1. The number of aromatic nitrogens is 1. The molecular weight excluding hydrogens is 243 g/mol. The van der Waals surface area contributed by atoms with Crippen molar-refractivity contribution in [2.45, 2.75) is 6.18 Å². The molecule has 0 saturated carbocycles. The number of carboxylic acid groups (broad SMARTS) is 1. The second-order valence-corrected chi connectivity index (χ2v) is 2.81. The summed E-state index contributed by atoms with van der Waals surface area (Å²) in [5.74, 6) is -3.20. The standard InChI is InChI=1S/C8H6F3N3O3/c9-8(10,11)4-1-2-5(12-3-4)13-14-6(15)7(16)17/h1-3H,(H,12,13)(H,14,15)(H,16,17). The molecule has 0 aliphatic carbocycles.